The van der Waals surface area contributed by atoms with Gasteiger partial charge in [0.05, 0.1) is 29.6 Å². The molecule has 2 amide bonds. The van der Waals surface area contributed by atoms with Gasteiger partial charge in [0.25, 0.3) is 5.91 Å². The van der Waals surface area contributed by atoms with Crippen LogP contribution in [-0.4, -0.2) is 52.4 Å². The second-order valence-corrected chi connectivity index (χ2v) is 9.36. The summed E-state index contributed by atoms with van der Waals surface area (Å²) in [5.74, 6) is -0.0782. The van der Waals surface area contributed by atoms with E-state index >= 15 is 0 Å². The van der Waals surface area contributed by atoms with Gasteiger partial charge in [-0.25, -0.2) is 4.98 Å². The Bertz CT molecular complexity index is 1240. The molecule has 0 saturated carbocycles. The quantitative estimate of drug-likeness (QED) is 0.543. The van der Waals surface area contributed by atoms with Gasteiger partial charge in [0.1, 0.15) is 5.82 Å². The highest BCUT2D eigenvalue weighted by atomic mass is 16.5. The number of rotatable bonds is 6. The fourth-order valence-electron chi connectivity index (χ4n) is 4.52. The maximum Gasteiger partial charge on any atom is 0.308 e. The average molecular weight is 477 g/mol. The van der Waals surface area contributed by atoms with Gasteiger partial charge < -0.3 is 19.5 Å². The molecular formula is C27H32N4O4. The number of aryl methyl sites for hydroxylation is 1. The predicted octanol–water partition coefficient (Wildman–Crippen LogP) is 4.01. The molecule has 0 bridgehead atoms. The number of imidazole rings is 1. The summed E-state index contributed by atoms with van der Waals surface area (Å²) in [6, 6.07) is 13.6. The number of ether oxygens (including phenoxy) is 1. The first-order valence-corrected chi connectivity index (χ1v) is 12.0. The molecule has 184 valence electrons. The van der Waals surface area contributed by atoms with Crippen LogP contribution in [0.25, 0.3) is 11.0 Å². The van der Waals surface area contributed by atoms with Crippen LogP contribution in [0, 0.1) is 18.8 Å². The van der Waals surface area contributed by atoms with Crippen molar-refractivity contribution in [1.29, 1.82) is 0 Å². The number of hydrogen-bond donors (Lipinski definition) is 1. The molecule has 0 radical (unpaired) electrons. The summed E-state index contributed by atoms with van der Waals surface area (Å²) in [5.41, 5.74) is 3.55. The molecule has 1 N–H and O–H groups in total. The van der Waals surface area contributed by atoms with Crippen molar-refractivity contribution in [2.75, 3.05) is 25.5 Å². The number of hydrogen-bond acceptors (Lipinski definition) is 5. The molecule has 35 heavy (non-hydrogen) atoms. The number of anilines is 1. The molecule has 2 aromatic carbocycles. The van der Waals surface area contributed by atoms with E-state index in [1.807, 2.05) is 61.7 Å². The minimum Gasteiger partial charge on any atom is -0.469 e. The van der Waals surface area contributed by atoms with Crippen LogP contribution in [0.2, 0.25) is 0 Å². The third-order valence-corrected chi connectivity index (χ3v) is 6.56. The van der Waals surface area contributed by atoms with Crippen molar-refractivity contribution in [2.45, 2.75) is 40.2 Å². The van der Waals surface area contributed by atoms with E-state index in [1.165, 1.54) is 7.11 Å². The van der Waals surface area contributed by atoms with Crippen LogP contribution in [-0.2, 0) is 20.9 Å². The number of esters is 1. The number of methoxy groups -OCH3 is 1. The number of likely N-dealkylation sites (tertiary alicyclic amines) is 1. The minimum absolute atomic E-state index is 0.123. The molecule has 1 saturated heterocycles. The summed E-state index contributed by atoms with van der Waals surface area (Å²) in [4.78, 5) is 44.6. The van der Waals surface area contributed by atoms with Gasteiger partial charge in [-0.3, -0.25) is 14.4 Å². The number of piperidine rings is 1. The zero-order valence-corrected chi connectivity index (χ0v) is 20.7. The highest BCUT2D eigenvalue weighted by Crippen LogP contribution is 2.29. The molecule has 0 unspecified atom stereocenters. The third-order valence-electron chi connectivity index (χ3n) is 6.56. The van der Waals surface area contributed by atoms with Gasteiger partial charge in [-0.1, -0.05) is 44.2 Å². The predicted molar refractivity (Wildman–Crippen MR) is 134 cm³/mol. The Morgan fingerprint density at radius 3 is 2.43 bits per heavy atom. The number of fused-ring (bicyclic) bond motifs is 1. The largest absolute Gasteiger partial charge is 0.469 e. The highest BCUT2D eigenvalue weighted by Gasteiger charge is 2.30. The fraction of sp³-hybridized carbons (Fsp3) is 0.407. The number of amides is 2. The molecule has 0 aliphatic carbocycles. The molecule has 3 aromatic rings. The molecule has 0 atom stereocenters. The van der Waals surface area contributed by atoms with E-state index < -0.39 is 0 Å². The topological polar surface area (TPSA) is 93.5 Å². The molecule has 8 nitrogen and oxygen atoms in total. The minimum atomic E-state index is -0.227. The van der Waals surface area contributed by atoms with Crippen LogP contribution in [0.15, 0.2) is 42.5 Å². The first kappa shape index (κ1) is 24.4. The lowest BCUT2D eigenvalue weighted by atomic mass is 9.96. The lowest BCUT2D eigenvalue weighted by Gasteiger charge is -2.31. The number of benzene rings is 2. The number of aromatic nitrogens is 2. The van der Waals surface area contributed by atoms with Gasteiger partial charge in [0.2, 0.25) is 5.91 Å². The summed E-state index contributed by atoms with van der Waals surface area (Å²) < 4.78 is 6.93. The maximum absolute atomic E-state index is 13.8. The SMILES string of the molecule is COC(=O)C1CCN(C(=O)c2cc(NC(=O)C(C)C)cc3nc(C)n(Cc4ccccc4)c23)CC1. The van der Waals surface area contributed by atoms with Crippen molar-refractivity contribution < 1.29 is 19.1 Å². The van der Waals surface area contributed by atoms with Gasteiger partial charge in [0, 0.05) is 31.2 Å². The Hall–Kier alpha value is -3.68. The van der Waals surface area contributed by atoms with E-state index in [-0.39, 0.29) is 29.6 Å². The standard InChI is InChI=1S/C27H32N4O4/c1-17(2)25(32)29-21-14-22(26(33)30-12-10-20(11-13-30)27(34)35-4)24-23(15-21)28-18(3)31(24)16-19-8-6-5-7-9-19/h5-9,14-15,17,20H,10-13,16H2,1-4H3,(H,29,32). The van der Waals surface area contributed by atoms with Crippen LogP contribution in [0.4, 0.5) is 5.69 Å². The van der Waals surface area contributed by atoms with Crippen molar-refractivity contribution in [3.63, 3.8) is 0 Å². The van der Waals surface area contributed by atoms with Gasteiger partial charge in [-0.15, -0.1) is 0 Å². The Morgan fingerprint density at radius 1 is 1.11 bits per heavy atom. The summed E-state index contributed by atoms with van der Waals surface area (Å²) in [7, 11) is 1.39. The smallest absolute Gasteiger partial charge is 0.308 e. The van der Waals surface area contributed by atoms with Crippen LogP contribution in [0.5, 0.6) is 0 Å². The monoisotopic (exact) mass is 476 g/mol. The lowest BCUT2D eigenvalue weighted by Crippen LogP contribution is -2.40. The third kappa shape index (κ3) is 5.21. The second-order valence-electron chi connectivity index (χ2n) is 9.36. The van der Waals surface area contributed by atoms with Gasteiger partial charge in [-0.2, -0.15) is 0 Å². The molecular weight excluding hydrogens is 444 g/mol. The van der Waals surface area contributed by atoms with Gasteiger partial charge >= 0.3 is 5.97 Å². The van der Waals surface area contributed by atoms with Crippen molar-refractivity contribution in [1.82, 2.24) is 14.5 Å². The van der Waals surface area contributed by atoms with E-state index in [0.717, 1.165) is 16.9 Å². The second kappa shape index (κ2) is 10.3. The molecule has 1 aliphatic rings. The van der Waals surface area contributed by atoms with Crippen LogP contribution < -0.4 is 5.32 Å². The van der Waals surface area contributed by atoms with Gasteiger partial charge in [0.15, 0.2) is 0 Å². The summed E-state index contributed by atoms with van der Waals surface area (Å²) in [6.45, 7) is 7.08. The van der Waals surface area contributed by atoms with Crippen molar-refractivity contribution in [2.24, 2.45) is 11.8 Å². The zero-order valence-electron chi connectivity index (χ0n) is 20.7. The highest BCUT2D eigenvalue weighted by molar-refractivity contribution is 6.08. The number of carbonyl (C=O) groups is 3. The normalized spacial score (nSPS) is 14.4. The summed E-state index contributed by atoms with van der Waals surface area (Å²) >= 11 is 0. The van der Waals surface area contributed by atoms with E-state index in [0.29, 0.717) is 49.2 Å². The molecule has 8 heteroatoms. The average Bonchev–Trinajstić information content (AvgIpc) is 3.17. The van der Waals surface area contributed by atoms with Crippen molar-refractivity contribution >= 4 is 34.5 Å². The fourth-order valence-corrected chi connectivity index (χ4v) is 4.52. The number of nitrogens with zero attached hydrogens (tertiary/aromatic N) is 3. The van der Waals surface area contributed by atoms with E-state index in [2.05, 4.69) is 5.32 Å². The van der Waals surface area contributed by atoms with Crippen LogP contribution >= 0.6 is 0 Å². The molecule has 1 aliphatic heterocycles. The van der Waals surface area contributed by atoms with E-state index in [9.17, 15) is 14.4 Å². The van der Waals surface area contributed by atoms with Crippen LogP contribution in [0.1, 0.15) is 48.4 Å². The molecule has 4 rings (SSSR count). The maximum atomic E-state index is 13.8. The molecule has 1 fully saturated rings. The molecule has 2 heterocycles. The Kier molecular flexibility index (Phi) is 7.19. The Labute approximate surface area is 205 Å². The summed E-state index contributed by atoms with van der Waals surface area (Å²) in [6.07, 6.45) is 1.13. The van der Waals surface area contributed by atoms with Gasteiger partial charge in [-0.05, 0) is 37.5 Å². The number of nitrogens with one attached hydrogen (secondary N) is 1. The zero-order chi connectivity index (χ0) is 25.1. The van der Waals surface area contributed by atoms with E-state index in [1.54, 1.807) is 11.0 Å². The Balaban J connectivity index is 1.74. The Morgan fingerprint density at radius 2 is 1.80 bits per heavy atom. The van der Waals surface area contributed by atoms with Crippen molar-refractivity contribution in [3.8, 4) is 0 Å². The van der Waals surface area contributed by atoms with Crippen molar-refractivity contribution in [3.05, 3.63) is 59.4 Å². The first-order chi connectivity index (χ1) is 16.8. The lowest BCUT2D eigenvalue weighted by molar-refractivity contribution is -0.146. The first-order valence-electron chi connectivity index (χ1n) is 12.0. The van der Waals surface area contributed by atoms with Crippen LogP contribution in [0.3, 0.4) is 0 Å². The number of carbonyl (C=O) groups excluding carboxylic acids is 3. The summed E-state index contributed by atoms with van der Waals surface area (Å²) in [5, 5.41) is 2.92. The molecule has 1 aromatic heterocycles. The molecule has 0 spiro atoms. The van der Waals surface area contributed by atoms with E-state index in [4.69, 9.17) is 9.72 Å².